The summed E-state index contributed by atoms with van der Waals surface area (Å²) in [4.78, 5) is 18.5. The van der Waals surface area contributed by atoms with E-state index in [-0.39, 0.29) is 5.88 Å². The third-order valence-corrected chi connectivity index (χ3v) is 2.94. The lowest BCUT2D eigenvalue weighted by Gasteiger charge is -1.95. The van der Waals surface area contributed by atoms with Crippen molar-refractivity contribution >= 4 is 17.6 Å². The first-order valence-corrected chi connectivity index (χ1v) is 5.83. The smallest absolute Gasteiger partial charge is 0.401 e. The lowest BCUT2D eigenvalue weighted by molar-refractivity contribution is -0.402. The van der Waals surface area contributed by atoms with E-state index in [0.717, 1.165) is 5.56 Å². The van der Waals surface area contributed by atoms with Gasteiger partial charge in [-0.25, -0.2) is 9.98 Å². The van der Waals surface area contributed by atoms with Gasteiger partial charge in [0, 0.05) is 6.08 Å². The second kappa shape index (κ2) is 4.30. The highest BCUT2D eigenvalue weighted by molar-refractivity contribution is 5.51. The average molecular weight is 270 g/mol. The summed E-state index contributed by atoms with van der Waals surface area (Å²) in [6, 6.07) is 6.48. The van der Waals surface area contributed by atoms with Gasteiger partial charge in [-0.15, -0.1) is 0 Å². The number of hydrogen-bond acceptors (Lipinski definition) is 6. The normalized spacial score (nSPS) is 14.8. The zero-order valence-electron chi connectivity index (χ0n) is 10.5. The molecule has 0 aliphatic carbocycles. The Kier molecular flexibility index (Phi) is 2.60. The highest BCUT2D eigenvalue weighted by atomic mass is 16.6. The van der Waals surface area contributed by atoms with Crippen molar-refractivity contribution in [1.82, 2.24) is 0 Å². The summed E-state index contributed by atoms with van der Waals surface area (Å²) in [5.41, 5.74) is 7.45. The Balaban J connectivity index is 2.05. The molecule has 0 bridgehead atoms. The SMILES string of the molecule is Cc1ccc2c(c1N)=NC(=Cc1ccc([N+](=O)[O-])o1)N=2. The van der Waals surface area contributed by atoms with Crippen LogP contribution in [-0.2, 0) is 0 Å². The Labute approximate surface area is 112 Å². The van der Waals surface area contributed by atoms with E-state index < -0.39 is 4.92 Å². The molecule has 1 aliphatic rings. The number of nitro groups is 1. The monoisotopic (exact) mass is 270 g/mol. The van der Waals surface area contributed by atoms with Crippen molar-refractivity contribution in [2.24, 2.45) is 9.98 Å². The van der Waals surface area contributed by atoms with Crippen LogP contribution in [0.3, 0.4) is 0 Å². The molecule has 0 atom stereocenters. The molecule has 0 unspecified atom stereocenters. The lowest BCUT2D eigenvalue weighted by Crippen LogP contribution is -2.25. The second-order valence-electron chi connectivity index (χ2n) is 4.32. The number of nitrogens with two attached hydrogens (primary N) is 1. The summed E-state index contributed by atoms with van der Waals surface area (Å²) in [7, 11) is 0. The fourth-order valence-electron chi connectivity index (χ4n) is 1.88. The molecule has 1 aromatic heterocycles. The molecule has 7 nitrogen and oxygen atoms in total. The summed E-state index contributed by atoms with van der Waals surface area (Å²) in [5.74, 6) is 0.409. The third-order valence-electron chi connectivity index (χ3n) is 2.94. The zero-order valence-corrected chi connectivity index (χ0v) is 10.5. The summed E-state index contributed by atoms with van der Waals surface area (Å²) in [6.07, 6.45) is 1.53. The van der Waals surface area contributed by atoms with Gasteiger partial charge in [-0.2, -0.15) is 0 Å². The predicted octanol–water partition coefficient (Wildman–Crippen LogP) is 1.33. The molecule has 0 fully saturated rings. The molecule has 100 valence electrons. The molecular weight excluding hydrogens is 260 g/mol. The van der Waals surface area contributed by atoms with Crippen molar-refractivity contribution in [2.45, 2.75) is 6.92 Å². The number of fused-ring (bicyclic) bond motifs is 1. The molecule has 0 radical (unpaired) electrons. The molecule has 3 rings (SSSR count). The minimum atomic E-state index is -0.596. The number of nitrogen functional groups attached to an aromatic ring is 1. The molecule has 0 saturated carbocycles. The molecule has 1 aromatic carbocycles. The van der Waals surface area contributed by atoms with Gasteiger partial charge < -0.3 is 10.2 Å². The number of furan rings is 1. The summed E-state index contributed by atoms with van der Waals surface area (Å²) < 4.78 is 5.03. The second-order valence-corrected chi connectivity index (χ2v) is 4.32. The maximum Gasteiger partial charge on any atom is 0.433 e. The Morgan fingerprint density at radius 1 is 1.30 bits per heavy atom. The van der Waals surface area contributed by atoms with Crippen LogP contribution in [0.1, 0.15) is 11.3 Å². The molecule has 0 spiro atoms. The first-order chi connectivity index (χ1) is 9.54. The van der Waals surface area contributed by atoms with Gasteiger partial charge in [-0.05, 0) is 24.6 Å². The molecule has 7 heteroatoms. The predicted molar refractivity (Wildman–Crippen MR) is 71.2 cm³/mol. The molecule has 0 amide bonds. The van der Waals surface area contributed by atoms with Gasteiger partial charge in [0.15, 0.2) is 5.82 Å². The van der Waals surface area contributed by atoms with Crippen LogP contribution in [-0.4, -0.2) is 4.92 Å². The van der Waals surface area contributed by atoms with Gasteiger partial charge in [0.25, 0.3) is 0 Å². The van der Waals surface area contributed by atoms with Crippen molar-refractivity contribution < 1.29 is 9.34 Å². The van der Waals surface area contributed by atoms with Crippen molar-refractivity contribution in [3.05, 3.63) is 62.2 Å². The standard InChI is InChI=1S/C13H10N4O3/c1-7-2-4-9-13(12(7)14)16-10(15-9)6-8-3-5-11(20-8)17(18)19/h2-6H,14H2,1H3. The Hall–Kier alpha value is -2.96. The number of benzene rings is 1. The largest absolute Gasteiger partial charge is 0.433 e. The van der Waals surface area contributed by atoms with Gasteiger partial charge in [0.05, 0.1) is 17.1 Å². The molecule has 2 heterocycles. The van der Waals surface area contributed by atoms with E-state index in [0.29, 0.717) is 28.0 Å². The van der Waals surface area contributed by atoms with E-state index in [4.69, 9.17) is 10.2 Å². The fourth-order valence-corrected chi connectivity index (χ4v) is 1.88. The van der Waals surface area contributed by atoms with E-state index in [9.17, 15) is 10.1 Å². The fraction of sp³-hybridized carbons (Fsp3) is 0.0769. The maximum atomic E-state index is 10.5. The third kappa shape index (κ3) is 1.95. The van der Waals surface area contributed by atoms with Crippen molar-refractivity contribution in [1.29, 1.82) is 0 Å². The molecule has 0 saturated heterocycles. The van der Waals surface area contributed by atoms with Crippen molar-refractivity contribution in [2.75, 3.05) is 5.73 Å². The van der Waals surface area contributed by atoms with Gasteiger partial charge >= 0.3 is 5.88 Å². The summed E-state index contributed by atoms with van der Waals surface area (Å²) in [5, 5.41) is 11.8. The van der Waals surface area contributed by atoms with Gasteiger partial charge in [-0.1, -0.05) is 6.07 Å². The van der Waals surface area contributed by atoms with E-state index in [1.165, 1.54) is 18.2 Å². The van der Waals surface area contributed by atoms with Gasteiger partial charge in [0.2, 0.25) is 0 Å². The number of rotatable bonds is 2. The molecule has 2 N–H and O–H groups in total. The van der Waals surface area contributed by atoms with Gasteiger partial charge in [0.1, 0.15) is 16.0 Å². The van der Waals surface area contributed by atoms with E-state index in [1.54, 1.807) is 0 Å². The number of hydrogen-bond donors (Lipinski definition) is 1. The maximum absolute atomic E-state index is 10.5. The Morgan fingerprint density at radius 2 is 2.10 bits per heavy atom. The van der Waals surface area contributed by atoms with Crippen LogP contribution in [0.2, 0.25) is 0 Å². The van der Waals surface area contributed by atoms with Crippen LogP contribution in [0, 0.1) is 17.0 Å². The van der Waals surface area contributed by atoms with Crippen LogP contribution in [0.5, 0.6) is 0 Å². The summed E-state index contributed by atoms with van der Waals surface area (Å²) in [6.45, 7) is 1.89. The zero-order chi connectivity index (χ0) is 14.3. The molecular formula is C13H10N4O3. The minimum absolute atomic E-state index is 0.317. The molecule has 2 aromatic rings. The van der Waals surface area contributed by atoms with Gasteiger partial charge in [-0.3, -0.25) is 10.1 Å². The highest BCUT2D eigenvalue weighted by Crippen LogP contribution is 2.19. The van der Waals surface area contributed by atoms with Crippen molar-refractivity contribution in [3.63, 3.8) is 0 Å². The van der Waals surface area contributed by atoms with E-state index >= 15 is 0 Å². The average Bonchev–Trinajstić information content (AvgIpc) is 3.01. The van der Waals surface area contributed by atoms with Crippen LogP contribution >= 0.6 is 0 Å². The van der Waals surface area contributed by atoms with E-state index in [1.807, 2.05) is 19.1 Å². The number of nitrogens with zero attached hydrogens (tertiary/aromatic N) is 3. The van der Waals surface area contributed by atoms with Crippen molar-refractivity contribution in [3.8, 4) is 0 Å². The summed E-state index contributed by atoms with van der Waals surface area (Å²) >= 11 is 0. The lowest BCUT2D eigenvalue weighted by atomic mass is 10.2. The Bertz CT molecular complexity index is 864. The van der Waals surface area contributed by atoms with Crippen LogP contribution < -0.4 is 16.4 Å². The first-order valence-electron chi connectivity index (χ1n) is 5.83. The minimum Gasteiger partial charge on any atom is -0.401 e. The number of anilines is 1. The quantitative estimate of drug-likeness (QED) is 0.504. The van der Waals surface area contributed by atoms with Crippen LogP contribution in [0.4, 0.5) is 11.6 Å². The Morgan fingerprint density at radius 3 is 2.80 bits per heavy atom. The van der Waals surface area contributed by atoms with E-state index in [2.05, 4.69) is 9.98 Å². The van der Waals surface area contributed by atoms with Crippen LogP contribution in [0.25, 0.3) is 6.08 Å². The number of aryl methyl sites for hydroxylation is 1. The van der Waals surface area contributed by atoms with Crippen LogP contribution in [0.15, 0.2) is 44.5 Å². The molecule has 20 heavy (non-hydrogen) atoms. The highest BCUT2D eigenvalue weighted by Gasteiger charge is 2.12. The molecule has 1 aliphatic heterocycles. The topological polar surface area (TPSA) is 107 Å². The first kappa shape index (κ1) is 12.1.